The molecule has 0 saturated carbocycles. The van der Waals surface area contributed by atoms with Gasteiger partial charge in [-0.3, -0.25) is 0 Å². The molecule has 0 nitrogen and oxygen atoms in total. The zero-order chi connectivity index (χ0) is 11.5. The Kier molecular flexibility index (Phi) is 10.5. The highest BCUT2D eigenvalue weighted by Gasteiger charge is 2.15. The van der Waals surface area contributed by atoms with Crippen molar-refractivity contribution in [1.82, 2.24) is 0 Å². The maximum atomic E-state index is 2.39. The van der Waals surface area contributed by atoms with Crippen molar-refractivity contribution >= 4 is 0 Å². The van der Waals surface area contributed by atoms with Crippen LogP contribution in [-0.4, -0.2) is 0 Å². The van der Waals surface area contributed by atoms with Crippen LogP contribution in [0.4, 0.5) is 0 Å². The van der Waals surface area contributed by atoms with E-state index >= 15 is 0 Å². The molecule has 91 valence electrons. The molecule has 1 radical (unpaired) electrons. The molecule has 0 aliphatic rings. The van der Waals surface area contributed by atoms with Crippen LogP contribution in [0.1, 0.15) is 85.5 Å². The molecule has 0 heteroatoms. The van der Waals surface area contributed by atoms with Crippen LogP contribution < -0.4 is 0 Å². The summed E-state index contributed by atoms with van der Waals surface area (Å²) >= 11 is 0. The topological polar surface area (TPSA) is 0 Å². The largest absolute Gasteiger partial charge is 0.0654 e. The maximum absolute atomic E-state index is 2.39. The van der Waals surface area contributed by atoms with Crippen LogP contribution in [0.15, 0.2) is 0 Å². The maximum Gasteiger partial charge on any atom is -0.0241 e. The molecule has 0 rings (SSSR count). The minimum atomic E-state index is 0.927. The highest BCUT2D eigenvalue weighted by Crippen LogP contribution is 2.29. The Hall–Kier alpha value is 0. The smallest absolute Gasteiger partial charge is 0.0241 e. The lowest BCUT2D eigenvalue weighted by atomic mass is 9.82. The van der Waals surface area contributed by atoms with Crippen molar-refractivity contribution in [2.75, 3.05) is 0 Å². The molecule has 0 unspecified atom stereocenters. The Labute approximate surface area is 97.8 Å². The fourth-order valence-electron chi connectivity index (χ4n) is 2.20. The summed E-state index contributed by atoms with van der Waals surface area (Å²) in [6.45, 7) is 9.29. The SMILES string of the molecule is CCCC[C](C)C(CCCC)CCCC. The quantitative estimate of drug-likeness (QED) is 0.430. The van der Waals surface area contributed by atoms with Gasteiger partial charge in [-0.1, -0.05) is 66.2 Å². The molecule has 0 aromatic carbocycles. The average molecular weight is 211 g/mol. The van der Waals surface area contributed by atoms with Gasteiger partial charge < -0.3 is 0 Å². The molecule has 0 N–H and O–H groups in total. The van der Waals surface area contributed by atoms with Crippen molar-refractivity contribution in [3.8, 4) is 0 Å². The van der Waals surface area contributed by atoms with E-state index in [1.54, 1.807) is 5.92 Å². The van der Waals surface area contributed by atoms with E-state index in [1.807, 2.05) is 0 Å². The number of hydrogen-bond donors (Lipinski definition) is 0. The molecular formula is C15H31. The fraction of sp³-hybridized carbons (Fsp3) is 0.933. The summed E-state index contributed by atoms with van der Waals surface area (Å²) in [5.41, 5.74) is 0. The summed E-state index contributed by atoms with van der Waals surface area (Å²) < 4.78 is 0. The molecule has 0 bridgehead atoms. The van der Waals surface area contributed by atoms with Crippen LogP contribution in [-0.2, 0) is 0 Å². The van der Waals surface area contributed by atoms with Gasteiger partial charge in [-0.2, -0.15) is 0 Å². The normalized spacial score (nSPS) is 11.6. The van der Waals surface area contributed by atoms with Crippen LogP contribution in [0.5, 0.6) is 0 Å². The van der Waals surface area contributed by atoms with E-state index in [0.717, 1.165) is 5.92 Å². The van der Waals surface area contributed by atoms with E-state index in [-0.39, 0.29) is 0 Å². The molecule has 0 heterocycles. The van der Waals surface area contributed by atoms with E-state index in [0.29, 0.717) is 0 Å². The van der Waals surface area contributed by atoms with Gasteiger partial charge in [-0.25, -0.2) is 0 Å². The third kappa shape index (κ3) is 7.88. The van der Waals surface area contributed by atoms with E-state index in [2.05, 4.69) is 27.7 Å². The van der Waals surface area contributed by atoms with E-state index < -0.39 is 0 Å². The van der Waals surface area contributed by atoms with Gasteiger partial charge in [0.15, 0.2) is 0 Å². The molecule has 0 spiro atoms. The zero-order valence-electron chi connectivity index (χ0n) is 11.4. The molecule has 0 saturated heterocycles. The lowest BCUT2D eigenvalue weighted by Crippen LogP contribution is -2.10. The first-order valence-electron chi connectivity index (χ1n) is 7.08. The standard InChI is InChI=1S/C15H31/c1-5-8-11-14(4)15(12-9-6-2)13-10-7-3/h15H,5-13H2,1-4H3. The van der Waals surface area contributed by atoms with Gasteiger partial charge in [-0.15, -0.1) is 0 Å². The zero-order valence-corrected chi connectivity index (χ0v) is 11.4. The summed E-state index contributed by atoms with van der Waals surface area (Å²) in [6.07, 6.45) is 12.5. The highest BCUT2D eigenvalue weighted by atomic mass is 14.2. The minimum Gasteiger partial charge on any atom is -0.0654 e. The third-order valence-electron chi connectivity index (χ3n) is 3.43. The second-order valence-corrected chi connectivity index (χ2v) is 4.93. The summed E-state index contributed by atoms with van der Waals surface area (Å²) in [7, 11) is 0. The molecule has 0 aromatic rings. The first kappa shape index (κ1) is 15.0. The van der Waals surface area contributed by atoms with Crippen LogP contribution in [0.2, 0.25) is 0 Å². The summed E-state index contributed by atoms with van der Waals surface area (Å²) in [5, 5.41) is 0. The van der Waals surface area contributed by atoms with E-state index in [4.69, 9.17) is 0 Å². The Morgan fingerprint density at radius 2 is 1.27 bits per heavy atom. The molecule has 0 aromatic heterocycles. The minimum absolute atomic E-state index is 0.927. The predicted octanol–water partition coefficient (Wildman–Crippen LogP) is 5.77. The van der Waals surface area contributed by atoms with Crippen LogP contribution >= 0.6 is 0 Å². The first-order valence-corrected chi connectivity index (χ1v) is 7.08. The van der Waals surface area contributed by atoms with Crippen molar-refractivity contribution in [3.63, 3.8) is 0 Å². The predicted molar refractivity (Wildman–Crippen MR) is 71.0 cm³/mol. The number of rotatable bonds is 10. The Morgan fingerprint density at radius 1 is 0.800 bits per heavy atom. The Bertz CT molecular complexity index is 109. The van der Waals surface area contributed by atoms with Crippen molar-refractivity contribution in [1.29, 1.82) is 0 Å². The first-order chi connectivity index (χ1) is 7.26. The second-order valence-electron chi connectivity index (χ2n) is 4.93. The van der Waals surface area contributed by atoms with Gasteiger partial charge in [0, 0.05) is 0 Å². The monoisotopic (exact) mass is 211 g/mol. The van der Waals surface area contributed by atoms with E-state index in [9.17, 15) is 0 Å². The molecule has 15 heavy (non-hydrogen) atoms. The van der Waals surface area contributed by atoms with Crippen molar-refractivity contribution < 1.29 is 0 Å². The lowest BCUT2D eigenvalue weighted by molar-refractivity contribution is 0.412. The van der Waals surface area contributed by atoms with Gasteiger partial charge in [0.25, 0.3) is 0 Å². The van der Waals surface area contributed by atoms with E-state index in [1.165, 1.54) is 57.8 Å². The van der Waals surface area contributed by atoms with Gasteiger partial charge >= 0.3 is 0 Å². The molecular weight excluding hydrogens is 180 g/mol. The molecule has 0 atom stereocenters. The molecule has 0 amide bonds. The highest BCUT2D eigenvalue weighted by molar-refractivity contribution is 4.91. The van der Waals surface area contributed by atoms with Gasteiger partial charge in [0.1, 0.15) is 0 Å². The number of hydrogen-bond acceptors (Lipinski definition) is 0. The third-order valence-corrected chi connectivity index (χ3v) is 3.43. The van der Waals surface area contributed by atoms with Crippen LogP contribution in [0, 0.1) is 11.8 Å². The Morgan fingerprint density at radius 3 is 1.67 bits per heavy atom. The van der Waals surface area contributed by atoms with Gasteiger partial charge in [-0.05, 0) is 31.1 Å². The summed E-state index contributed by atoms with van der Waals surface area (Å²) in [4.78, 5) is 0. The summed E-state index contributed by atoms with van der Waals surface area (Å²) in [6, 6.07) is 0. The summed E-state index contributed by atoms with van der Waals surface area (Å²) in [5.74, 6) is 2.70. The lowest BCUT2D eigenvalue weighted by Gasteiger charge is -2.23. The Balaban J connectivity index is 3.84. The molecule has 0 aliphatic heterocycles. The molecule has 0 aliphatic carbocycles. The number of unbranched alkanes of at least 4 members (excludes halogenated alkanes) is 3. The van der Waals surface area contributed by atoms with Crippen LogP contribution in [0.3, 0.4) is 0 Å². The van der Waals surface area contributed by atoms with Crippen molar-refractivity contribution in [2.45, 2.75) is 85.5 Å². The second kappa shape index (κ2) is 10.5. The van der Waals surface area contributed by atoms with Gasteiger partial charge in [0.05, 0.1) is 0 Å². The molecule has 0 fully saturated rings. The van der Waals surface area contributed by atoms with Gasteiger partial charge in [0.2, 0.25) is 0 Å². The van der Waals surface area contributed by atoms with Crippen LogP contribution in [0.25, 0.3) is 0 Å². The fourth-order valence-corrected chi connectivity index (χ4v) is 2.20. The average Bonchev–Trinajstić information content (AvgIpc) is 2.26. The van der Waals surface area contributed by atoms with Crippen molar-refractivity contribution in [3.05, 3.63) is 5.92 Å². The van der Waals surface area contributed by atoms with Crippen molar-refractivity contribution in [2.24, 2.45) is 5.92 Å².